The lowest BCUT2D eigenvalue weighted by atomic mass is 9.90. The SMILES string of the molecule is CC1CN(CC(=O)C(C)(C)C)CC(C)S1. The fourth-order valence-corrected chi connectivity index (χ4v) is 3.24. The maximum Gasteiger partial charge on any atom is 0.152 e. The Kier molecular flexibility index (Phi) is 4.24. The minimum atomic E-state index is -0.197. The van der Waals surface area contributed by atoms with Crippen molar-refractivity contribution in [3.63, 3.8) is 0 Å². The van der Waals surface area contributed by atoms with E-state index in [2.05, 4.69) is 18.7 Å². The van der Waals surface area contributed by atoms with Crippen LogP contribution in [0.3, 0.4) is 0 Å². The van der Waals surface area contributed by atoms with Crippen molar-refractivity contribution in [3.05, 3.63) is 0 Å². The third-order valence-corrected chi connectivity index (χ3v) is 3.93. The first-order valence-electron chi connectivity index (χ1n) is 5.70. The zero-order valence-corrected chi connectivity index (χ0v) is 11.4. The number of ketones is 1. The Bertz CT molecular complexity index is 224. The third-order valence-electron chi connectivity index (χ3n) is 2.70. The summed E-state index contributed by atoms with van der Waals surface area (Å²) < 4.78 is 0. The number of hydrogen-bond donors (Lipinski definition) is 0. The van der Waals surface area contributed by atoms with Gasteiger partial charge in [0.25, 0.3) is 0 Å². The summed E-state index contributed by atoms with van der Waals surface area (Å²) in [6.45, 7) is 13.2. The van der Waals surface area contributed by atoms with E-state index < -0.39 is 0 Å². The summed E-state index contributed by atoms with van der Waals surface area (Å²) in [6.07, 6.45) is 0. The van der Waals surface area contributed by atoms with Gasteiger partial charge in [0.1, 0.15) is 0 Å². The van der Waals surface area contributed by atoms with Crippen molar-refractivity contribution in [1.29, 1.82) is 0 Å². The van der Waals surface area contributed by atoms with E-state index in [4.69, 9.17) is 0 Å². The van der Waals surface area contributed by atoms with Crippen molar-refractivity contribution >= 4 is 17.5 Å². The fraction of sp³-hybridized carbons (Fsp3) is 0.917. The van der Waals surface area contributed by atoms with Gasteiger partial charge in [-0.05, 0) is 0 Å². The number of Topliss-reactive ketones (excluding diaryl/α,β-unsaturated/α-hetero) is 1. The number of carbonyl (C=O) groups is 1. The summed E-state index contributed by atoms with van der Waals surface area (Å²) in [5.41, 5.74) is -0.197. The van der Waals surface area contributed by atoms with Crippen LogP contribution in [0.1, 0.15) is 34.6 Å². The smallest absolute Gasteiger partial charge is 0.152 e. The van der Waals surface area contributed by atoms with Gasteiger partial charge in [-0.25, -0.2) is 0 Å². The second-order valence-corrected chi connectivity index (χ2v) is 7.51. The van der Waals surface area contributed by atoms with Crippen LogP contribution in [0.5, 0.6) is 0 Å². The molecule has 0 saturated carbocycles. The summed E-state index contributed by atoms with van der Waals surface area (Å²) in [6, 6.07) is 0. The molecule has 0 aromatic heterocycles. The molecule has 1 aliphatic heterocycles. The molecule has 0 aromatic carbocycles. The first kappa shape index (κ1) is 13.0. The van der Waals surface area contributed by atoms with Gasteiger partial charge in [-0.1, -0.05) is 34.6 Å². The van der Waals surface area contributed by atoms with Crippen LogP contribution in [0.25, 0.3) is 0 Å². The first-order chi connectivity index (χ1) is 6.79. The number of nitrogens with zero attached hydrogens (tertiary/aromatic N) is 1. The van der Waals surface area contributed by atoms with Gasteiger partial charge in [0.2, 0.25) is 0 Å². The molecule has 1 rings (SSSR count). The molecular weight excluding hydrogens is 206 g/mol. The number of rotatable bonds is 2. The van der Waals surface area contributed by atoms with E-state index in [9.17, 15) is 4.79 Å². The molecule has 0 bridgehead atoms. The summed E-state index contributed by atoms with van der Waals surface area (Å²) in [4.78, 5) is 14.2. The van der Waals surface area contributed by atoms with E-state index in [0.717, 1.165) is 13.1 Å². The molecule has 1 aliphatic rings. The van der Waals surface area contributed by atoms with E-state index in [0.29, 0.717) is 22.8 Å². The molecule has 0 aliphatic carbocycles. The molecule has 2 unspecified atom stereocenters. The third kappa shape index (κ3) is 4.15. The Balaban J connectivity index is 2.48. The zero-order valence-electron chi connectivity index (χ0n) is 10.5. The van der Waals surface area contributed by atoms with Crippen molar-refractivity contribution in [2.24, 2.45) is 5.41 Å². The molecule has 0 radical (unpaired) electrons. The van der Waals surface area contributed by atoms with Gasteiger partial charge < -0.3 is 0 Å². The maximum absolute atomic E-state index is 11.9. The summed E-state index contributed by atoms with van der Waals surface area (Å²) >= 11 is 2.03. The predicted molar refractivity (Wildman–Crippen MR) is 67.4 cm³/mol. The highest BCUT2D eigenvalue weighted by Gasteiger charge is 2.27. The molecule has 88 valence electrons. The van der Waals surface area contributed by atoms with Crippen molar-refractivity contribution < 1.29 is 4.79 Å². The molecule has 0 aromatic rings. The van der Waals surface area contributed by atoms with Crippen molar-refractivity contribution in [2.75, 3.05) is 19.6 Å². The lowest BCUT2D eigenvalue weighted by molar-refractivity contribution is -0.127. The monoisotopic (exact) mass is 229 g/mol. The summed E-state index contributed by atoms with van der Waals surface area (Å²) in [5.74, 6) is 0.355. The highest BCUT2D eigenvalue weighted by molar-refractivity contribution is 8.00. The Morgan fingerprint density at radius 2 is 1.73 bits per heavy atom. The van der Waals surface area contributed by atoms with Crippen molar-refractivity contribution in [2.45, 2.75) is 45.1 Å². The second kappa shape index (κ2) is 4.88. The van der Waals surface area contributed by atoms with Crippen molar-refractivity contribution in [1.82, 2.24) is 4.90 Å². The lowest BCUT2D eigenvalue weighted by Crippen LogP contribution is -2.45. The van der Waals surface area contributed by atoms with E-state index in [-0.39, 0.29) is 5.41 Å². The van der Waals surface area contributed by atoms with Crippen LogP contribution in [-0.2, 0) is 4.79 Å². The van der Waals surface area contributed by atoms with Crippen LogP contribution in [0.4, 0.5) is 0 Å². The molecule has 1 saturated heterocycles. The van der Waals surface area contributed by atoms with Gasteiger partial charge in [0.05, 0.1) is 6.54 Å². The molecule has 2 atom stereocenters. The summed E-state index contributed by atoms with van der Waals surface area (Å²) in [5, 5.41) is 1.31. The highest BCUT2D eigenvalue weighted by Crippen LogP contribution is 2.25. The standard InChI is InChI=1S/C12H23NOS/c1-9-6-13(7-10(2)15-9)8-11(14)12(3,4)5/h9-10H,6-8H2,1-5H3. The fourth-order valence-electron chi connectivity index (χ4n) is 1.85. The molecule has 0 N–H and O–H groups in total. The van der Waals surface area contributed by atoms with Crippen LogP contribution in [0.2, 0.25) is 0 Å². The number of carbonyl (C=O) groups excluding carboxylic acids is 1. The Labute approximate surface area is 97.8 Å². The quantitative estimate of drug-likeness (QED) is 0.725. The molecule has 3 heteroatoms. The largest absolute Gasteiger partial charge is 0.298 e. The molecular formula is C12H23NOS. The Hall–Kier alpha value is -0.0200. The lowest BCUT2D eigenvalue weighted by Gasteiger charge is -2.35. The molecule has 1 heterocycles. The molecule has 0 spiro atoms. The summed E-state index contributed by atoms with van der Waals surface area (Å²) in [7, 11) is 0. The molecule has 0 amide bonds. The molecule has 2 nitrogen and oxygen atoms in total. The number of hydrogen-bond acceptors (Lipinski definition) is 3. The van der Waals surface area contributed by atoms with Gasteiger partial charge in [-0.3, -0.25) is 9.69 Å². The first-order valence-corrected chi connectivity index (χ1v) is 6.64. The topological polar surface area (TPSA) is 20.3 Å². The van der Waals surface area contributed by atoms with Crippen LogP contribution in [-0.4, -0.2) is 40.8 Å². The van der Waals surface area contributed by atoms with Crippen molar-refractivity contribution in [3.8, 4) is 0 Å². The molecule has 15 heavy (non-hydrogen) atoms. The van der Waals surface area contributed by atoms with Gasteiger partial charge in [-0.2, -0.15) is 11.8 Å². The average molecular weight is 229 g/mol. The minimum absolute atomic E-state index is 0.197. The average Bonchev–Trinajstić information content (AvgIpc) is 1.99. The van der Waals surface area contributed by atoms with E-state index in [1.54, 1.807) is 0 Å². The Morgan fingerprint density at radius 1 is 1.27 bits per heavy atom. The van der Waals surface area contributed by atoms with Crippen LogP contribution in [0, 0.1) is 5.41 Å². The van der Waals surface area contributed by atoms with Crippen LogP contribution in [0.15, 0.2) is 0 Å². The van der Waals surface area contributed by atoms with E-state index in [1.807, 2.05) is 32.5 Å². The predicted octanol–water partition coefficient (Wildman–Crippen LogP) is 2.43. The normalized spacial score (nSPS) is 29.1. The van der Waals surface area contributed by atoms with Crippen LogP contribution < -0.4 is 0 Å². The maximum atomic E-state index is 11.9. The van der Waals surface area contributed by atoms with Gasteiger partial charge >= 0.3 is 0 Å². The van der Waals surface area contributed by atoms with Crippen LogP contribution >= 0.6 is 11.8 Å². The van der Waals surface area contributed by atoms with Gasteiger partial charge in [-0.15, -0.1) is 0 Å². The zero-order chi connectivity index (χ0) is 11.6. The minimum Gasteiger partial charge on any atom is -0.298 e. The molecule has 1 fully saturated rings. The van der Waals surface area contributed by atoms with Gasteiger partial charge in [0, 0.05) is 29.0 Å². The highest BCUT2D eigenvalue weighted by atomic mass is 32.2. The second-order valence-electron chi connectivity index (χ2n) is 5.62. The van der Waals surface area contributed by atoms with Gasteiger partial charge in [0.15, 0.2) is 5.78 Å². The number of thioether (sulfide) groups is 1. The Morgan fingerprint density at radius 3 is 2.13 bits per heavy atom. The van der Waals surface area contributed by atoms with E-state index >= 15 is 0 Å². The van der Waals surface area contributed by atoms with E-state index in [1.165, 1.54) is 0 Å².